The lowest BCUT2D eigenvalue weighted by molar-refractivity contribution is -0.102. The zero-order chi connectivity index (χ0) is 21.0. The van der Waals surface area contributed by atoms with Crippen molar-refractivity contribution in [3.63, 3.8) is 0 Å². The van der Waals surface area contributed by atoms with Crippen LogP contribution in [0.25, 0.3) is 0 Å². The van der Waals surface area contributed by atoms with Gasteiger partial charge in [0.25, 0.3) is 5.91 Å². The summed E-state index contributed by atoms with van der Waals surface area (Å²) >= 11 is 6.92. The topological polar surface area (TPSA) is 50.4 Å². The van der Waals surface area contributed by atoms with Gasteiger partial charge in [-0.3, -0.25) is 4.79 Å². The van der Waals surface area contributed by atoms with Crippen LogP contribution in [0.5, 0.6) is 0 Å². The highest BCUT2D eigenvalue weighted by Crippen LogP contribution is 2.64. The van der Waals surface area contributed by atoms with Gasteiger partial charge in [0, 0.05) is 24.2 Å². The first-order valence-corrected chi connectivity index (χ1v) is 12.3. The molecule has 0 radical (unpaired) electrons. The van der Waals surface area contributed by atoms with Crippen molar-refractivity contribution in [2.45, 2.75) is 56.9 Å². The van der Waals surface area contributed by atoms with Gasteiger partial charge in [-0.2, -0.15) is 0 Å². The van der Waals surface area contributed by atoms with Gasteiger partial charge in [0.15, 0.2) is 0 Å². The summed E-state index contributed by atoms with van der Waals surface area (Å²) in [4.78, 5) is 12.7. The summed E-state index contributed by atoms with van der Waals surface area (Å²) in [5.74, 6) is 3.12. The molecule has 4 bridgehead atoms. The molecule has 0 aliphatic heterocycles. The van der Waals surface area contributed by atoms with Crippen molar-refractivity contribution in [3.8, 4) is 0 Å². The zero-order valence-electron chi connectivity index (χ0n) is 18.2. The highest BCUT2D eigenvalue weighted by molar-refractivity contribution is 6.22. The van der Waals surface area contributed by atoms with Gasteiger partial charge in [0.2, 0.25) is 0 Å². The van der Waals surface area contributed by atoms with Crippen molar-refractivity contribution >= 4 is 17.5 Å². The number of carbonyl (C=O) groups excluding carboxylic acids is 1. The molecule has 4 saturated carbocycles. The molecular formula is C25H37ClN2O2. The Bertz CT molecular complexity index is 682. The first-order chi connectivity index (χ1) is 14.6. The first-order valence-electron chi connectivity index (χ1n) is 11.8. The zero-order valence-corrected chi connectivity index (χ0v) is 19.0. The summed E-state index contributed by atoms with van der Waals surface area (Å²) in [6.07, 6.45) is 9.81. The Morgan fingerprint density at radius 2 is 1.83 bits per heavy atom. The van der Waals surface area contributed by atoms with Crippen molar-refractivity contribution in [3.05, 3.63) is 35.9 Å². The van der Waals surface area contributed by atoms with Crippen LogP contribution in [0.4, 0.5) is 0 Å². The lowest BCUT2D eigenvalue weighted by Crippen LogP contribution is -2.57. The molecule has 4 aliphatic carbocycles. The minimum atomic E-state index is -0.269. The Morgan fingerprint density at radius 3 is 2.53 bits per heavy atom. The van der Waals surface area contributed by atoms with Crippen molar-refractivity contribution < 1.29 is 9.53 Å². The van der Waals surface area contributed by atoms with E-state index in [1.807, 2.05) is 37.4 Å². The number of rotatable bonds is 11. The number of hydrogen-bond donors (Lipinski definition) is 2. The van der Waals surface area contributed by atoms with E-state index in [0.717, 1.165) is 49.9 Å². The number of alkyl halides is 1. The lowest BCUT2D eigenvalue weighted by Gasteiger charge is -2.61. The van der Waals surface area contributed by atoms with Crippen LogP contribution >= 0.6 is 11.6 Å². The quantitative estimate of drug-likeness (QED) is 0.299. The average molecular weight is 433 g/mol. The van der Waals surface area contributed by atoms with Crippen LogP contribution in [0.2, 0.25) is 0 Å². The maximum Gasteiger partial charge on any atom is 0.252 e. The van der Waals surface area contributed by atoms with Gasteiger partial charge in [0.1, 0.15) is 5.50 Å². The summed E-state index contributed by atoms with van der Waals surface area (Å²) in [5.41, 5.74) is 0.512. The third-order valence-electron chi connectivity index (χ3n) is 7.89. The molecule has 3 unspecified atom stereocenters. The fourth-order valence-electron chi connectivity index (χ4n) is 6.79. The molecule has 30 heavy (non-hydrogen) atoms. The Balaban J connectivity index is 1.30. The Hall–Kier alpha value is -1.10. The maximum atomic E-state index is 12.7. The minimum absolute atomic E-state index is 0.0432. The lowest BCUT2D eigenvalue weighted by atomic mass is 9.45. The van der Waals surface area contributed by atoms with Crippen LogP contribution in [-0.4, -0.2) is 38.2 Å². The van der Waals surface area contributed by atoms with Crippen LogP contribution in [0, 0.1) is 29.1 Å². The van der Waals surface area contributed by atoms with Crippen LogP contribution in [0.1, 0.15) is 61.7 Å². The molecule has 1 aromatic carbocycles. The second-order valence-corrected chi connectivity index (χ2v) is 10.3. The van der Waals surface area contributed by atoms with Gasteiger partial charge in [-0.1, -0.05) is 29.8 Å². The summed E-state index contributed by atoms with van der Waals surface area (Å²) in [6, 6.07) is 9.45. The van der Waals surface area contributed by atoms with Crippen LogP contribution in [0.15, 0.2) is 30.3 Å². The van der Waals surface area contributed by atoms with E-state index in [1.165, 1.54) is 44.9 Å². The van der Waals surface area contributed by atoms with Crippen LogP contribution in [0.3, 0.4) is 0 Å². The fourth-order valence-corrected chi connectivity index (χ4v) is 7.16. The molecule has 4 aliphatic rings. The normalized spacial score (nSPS) is 32.9. The predicted molar refractivity (Wildman–Crippen MR) is 122 cm³/mol. The molecule has 1 amide bonds. The van der Waals surface area contributed by atoms with Gasteiger partial charge in [0.05, 0.1) is 0 Å². The number of ether oxygens (including phenoxy) is 1. The highest BCUT2D eigenvalue weighted by Gasteiger charge is 2.57. The molecule has 0 saturated heterocycles. The smallest absolute Gasteiger partial charge is 0.252 e. The summed E-state index contributed by atoms with van der Waals surface area (Å²) < 4.78 is 5.81. The Labute approximate surface area is 186 Å². The SMILES string of the molecule is CNCCCOCCCC1C2CC3CC1CC(C(Cl)NC(=O)c1ccccc1)(C3)C2. The standard InChI is InChI=1S/C25H37ClN2O2/c1-27-10-6-12-30-11-5-9-22-20-13-18-14-21(22)17-25(15-18,16-20)24(26)28-23(29)19-7-3-2-4-8-19/h2-4,7-8,18,20-22,24,27H,5-6,9-17H2,1H3,(H,28,29). The van der Waals surface area contributed by atoms with Crippen molar-refractivity contribution in [1.29, 1.82) is 0 Å². The van der Waals surface area contributed by atoms with Gasteiger partial charge in [-0.05, 0) is 101 Å². The molecule has 0 spiro atoms. The molecule has 166 valence electrons. The molecule has 4 nitrogen and oxygen atoms in total. The van der Waals surface area contributed by atoms with Gasteiger partial charge >= 0.3 is 0 Å². The number of benzene rings is 1. The molecule has 0 heterocycles. The number of carbonyl (C=O) groups is 1. The molecule has 5 rings (SSSR count). The molecular weight excluding hydrogens is 396 g/mol. The third kappa shape index (κ3) is 4.87. The molecule has 4 fully saturated rings. The second kappa shape index (κ2) is 10.0. The minimum Gasteiger partial charge on any atom is -0.381 e. The van der Waals surface area contributed by atoms with E-state index >= 15 is 0 Å². The van der Waals surface area contributed by atoms with Gasteiger partial charge in [-0.15, -0.1) is 0 Å². The van der Waals surface area contributed by atoms with E-state index in [4.69, 9.17) is 16.3 Å². The number of halogens is 1. The first kappa shape index (κ1) is 22.1. The second-order valence-electron chi connectivity index (χ2n) is 9.91. The summed E-state index contributed by atoms with van der Waals surface area (Å²) in [7, 11) is 1.98. The summed E-state index contributed by atoms with van der Waals surface area (Å²) in [5, 5.41) is 6.31. The highest BCUT2D eigenvalue weighted by atomic mass is 35.5. The fraction of sp³-hybridized carbons (Fsp3) is 0.720. The van der Waals surface area contributed by atoms with Crippen LogP contribution in [-0.2, 0) is 4.74 Å². The number of amides is 1. The van der Waals surface area contributed by atoms with Crippen molar-refractivity contribution in [2.24, 2.45) is 29.1 Å². The van der Waals surface area contributed by atoms with Crippen molar-refractivity contribution in [2.75, 3.05) is 26.8 Å². The Kier molecular flexibility index (Phi) is 7.38. The van der Waals surface area contributed by atoms with Gasteiger partial charge in [-0.25, -0.2) is 0 Å². The molecule has 0 aromatic heterocycles. The average Bonchev–Trinajstić information content (AvgIpc) is 2.75. The van der Waals surface area contributed by atoms with E-state index in [2.05, 4.69) is 10.6 Å². The predicted octanol–water partition coefficient (Wildman–Crippen LogP) is 4.83. The van der Waals surface area contributed by atoms with E-state index < -0.39 is 0 Å². The maximum absolute atomic E-state index is 12.7. The number of hydrogen-bond acceptors (Lipinski definition) is 3. The molecule has 3 atom stereocenters. The monoisotopic (exact) mass is 432 g/mol. The molecule has 2 N–H and O–H groups in total. The van der Waals surface area contributed by atoms with Gasteiger partial charge < -0.3 is 15.4 Å². The molecule has 1 aromatic rings. The third-order valence-corrected chi connectivity index (χ3v) is 8.46. The molecule has 5 heteroatoms. The van der Waals surface area contributed by atoms with E-state index in [0.29, 0.717) is 5.56 Å². The van der Waals surface area contributed by atoms with E-state index in [1.54, 1.807) is 0 Å². The largest absolute Gasteiger partial charge is 0.381 e. The van der Waals surface area contributed by atoms with Crippen LogP contribution < -0.4 is 10.6 Å². The summed E-state index contributed by atoms with van der Waals surface area (Å²) in [6.45, 7) is 2.77. The Morgan fingerprint density at radius 1 is 1.13 bits per heavy atom. The van der Waals surface area contributed by atoms with E-state index in [-0.39, 0.29) is 16.8 Å². The van der Waals surface area contributed by atoms with E-state index in [9.17, 15) is 4.79 Å². The number of nitrogens with one attached hydrogen (secondary N) is 2. The van der Waals surface area contributed by atoms with Crippen molar-refractivity contribution in [1.82, 2.24) is 10.6 Å².